The average molecular weight is 241 g/mol. The topological polar surface area (TPSA) is 104 Å². The third kappa shape index (κ3) is 4.23. The SMILES string of the molecule is COC(C)CCC(=O)Nc1cc(C(=O)O)[nH]n1. The van der Waals surface area contributed by atoms with Gasteiger partial charge in [0.05, 0.1) is 6.10 Å². The number of ether oxygens (including phenoxy) is 1. The summed E-state index contributed by atoms with van der Waals surface area (Å²) in [6.45, 7) is 1.87. The van der Waals surface area contributed by atoms with E-state index in [0.717, 1.165) is 0 Å². The first-order valence-corrected chi connectivity index (χ1v) is 5.14. The Labute approximate surface area is 98.2 Å². The number of rotatable bonds is 6. The Morgan fingerprint density at radius 3 is 2.88 bits per heavy atom. The average Bonchev–Trinajstić information content (AvgIpc) is 2.74. The van der Waals surface area contributed by atoms with Crippen molar-refractivity contribution in [2.75, 3.05) is 12.4 Å². The van der Waals surface area contributed by atoms with E-state index in [4.69, 9.17) is 9.84 Å². The smallest absolute Gasteiger partial charge is 0.353 e. The van der Waals surface area contributed by atoms with Gasteiger partial charge in [-0.2, -0.15) is 5.10 Å². The summed E-state index contributed by atoms with van der Waals surface area (Å²) in [6, 6.07) is 1.26. The highest BCUT2D eigenvalue weighted by Gasteiger charge is 2.10. The molecule has 94 valence electrons. The Hall–Kier alpha value is -1.89. The second-order valence-electron chi connectivity index (χ2n) is 3.61. The quantitative estimate of drug-likeness (QED) is 0.685. The van der Waals surface area contributed by atoms with Gasteiger partial charge in [-0.3, -0.25) is 9.89 Å². The number of hydrogen-bond acceptors (Lipinski definition) is 4. The number of carbonyl (C=O) groups excluding carboxylic acids is 1. The summed E-state index contributed by atoms with van der Waals surface area (Å²) in [5.41, 5.74) is -0.0643. The van der Waals surface area contributed by atoms with E-state index < -0.39 is 5.97 Å². The Balaban J connectivity index is 2.42. The van der Waals surface area contributed by atoms with Crippen LogP contribution < -0.4 is 5.32 Å². The molecule has 1 amide bonds. The Morgan fingerprint density at radius 1 is 1.65 bits per heavy atom. The predicted molar refractivity (Wildman–Crippen MR) is 59.9 cm³/mol. The zero-order valence-electron chi connectivity index (χ0n) is 9.69. The van der Waals surface area contributed by atoms with Gasteiger partial charge in [0.2, 0.25) is 5.91 Å². The molecule has 1 rings (SSSR count). The number of carboxylic acids is 1. The number of amides is 1. The van der Waals surface area contributed by atoms with Crippen LogP contribution in [0.5, 0.6) is 0 Å². The van der Waals surface area contributed by atoms with Crippen LogP contribution in [0.15, 0.2) is 6.07 Å². The predicted octanol–water partition coefficient (Wildman–Crippen LogP) is 0.861. The normalized spacial score (nSPS) is 12.1. The summed E-state index contributed by atoms with van der Waals surface area (Å²) in [7, 11) is 1.58. The highest BCUT2D eigenvalue weighted by molar-refractivity contribution is 5.92. The first-order valence-electron chi connectivity index (χ1n) is 5.14. The fraction of sp³-hybridized carbons (Fsp3) is 0.500. The number of carboxylic acid groups (broad SMARTS) is 1. The van der Waals surface area contributed by atoms with E-state index in [2.05, 4.69) is 15.5 Å². The van der Waals surface area contributed by atoms with Crippen LogP contribution in [0.3, 0.4) is 0 Å². The maximum absolute atomic E-state index is 11.4. The zero-order valence-corrected chi connectivity index (χ0v) is 9.69. The molecule has 0 radical (unpaired) electrons. The molecule has 0 aliphatic carbocycles. The van der Waals surface area contributed by atoms with Crippen LogP contribution in [0.2, 0.25) is 0 Å². The summed E-state index contributed by atoms with van der Waals surface area (Å²) in [6.07, 6.45) is 0.900. The molecule has 1 atom stereocenters. The molecular formula is C10H15N3O4. The van der Waals surface area contributed by atoms with E-state index >= 15 is 0 Å². The van der Waals surface area contributed by atoms with Crippen molar-refractivity contribution in [1.29, 1.82) is 0 Å². The van der Waals surface area contributed by atoms with E-state index in [0.29, 0.717) is 12.8 Å². The lowest BCUT2D eigenvalue weighted by Crippen LogP contribution is -2.15. The largest absolute Gasteiger partial charge is 0.477 e. The van der Waals surface area contributed by atoms with Gasteiger partial charge in [0, 0.05) is 19.6 Å². The van der Waals surface area contributed by atoms with E-state index in [1.54, 1.807) is 7.11 Å². The molecule has 0 saturated heterocycles. The summed E-state index contributed by atoms with van der Waals surface area (Å²) < 4.78 is 5.01. The summed E-state index contributed by atoms with van der Waals surface area (Å²) in [5, 5.41) is 17.1. The molecule has 1 aromatic rings. The molecule has 0 saturated carbocycles. The first-order chi connectivity index (χ1) is 8.02. The van der Waals surface area contributed by atoms with Crippen molar-refractivity contribution in [2.24, 2.45) is 0 Å². The molecule has 1 unspecified atom stereocenters. The number of aromatic carboxylic acids is 1. The number of carbonyl (C=O) groups is 2. The Morgan fingerprint density at radius 2 is 2.35 bits per heavy atom. The lowest BCUT2D eigenvalue weighted by molar-refractivity contribution is -0.116. The molecular weight excluding hydrogens is 226 g/mol. The molecule has 1 aromatic heterocycles. The van der Waals surface area contributed by atoms with Gasteiger partial charge < -0.3 is 15.2 Å². The van der Waals surface area contributed by atoms with Gasteiger partial charge in [-0.05, 0) is 13.3 Å². The lowest BCUT2D eigenvalue weighted by Gasteiger charge is -2.07. The van der Waals surface area contributed by atoms with Crippen molar-refractivity contribution >= 4 is 17.7 Å². The molecule has 0 bridgehead atoms. The van der Waals surface area contributed by atoms with Crippen molar-refractivity contribution in [3.05, 3.63) is 11.8 Å². The number of aromatic amines is 1. The van der Waals surface area contributed by atoms with Crippen LogP contribution in [0, 0.1) is 0 Å². The van der Waals surface area contributed by atoms with Crippen molar-refractivity contribution in [3.63, 3.8) is 0 Å². The number of aromatic nitrogens is 2. The molecule has 0 aliphatic heterocycles. The first kappa shape index (κ1) is 13.2. The third-order valence-corrected chi connectivity index (χ3v) is 2.26. The van der Waals surface area contributed by atoms with Crippen LogP contribution in [-0.2, 0) is 9.53 Å². The minimum Gasteiger partial charge on any atom is -0.477 e. The van der Waals surface area contributed by atoms with Crippen molar-refractivity contribution in [2.45, 2.75) is 25.9 Å². The van der Waals surface area contributed by atoms with Crippen molar-refractivity contribution in [3.8, 4) is 0 Å². The summed E-state index contributed by atoms with van der Waals surface area (Å²) in [4.78, 5) is 22.0. The molecule has 1 heterocycles. The summed E-state index contributed by atoms with van der Waals surface area (Å²) >= 11 is 0. The molecule has 17 heavy (non-hydrogen) atoms. The molecule has 7 nitrogen and oxygen atoms in total. The molecule has 3 N–H and O–H groups in total. The van der Waals surface area contributed by atoms with E-state index in [9.17, 15) is 9.59 Å². The van der Waals surface area contributed by atoms with Crippen LogP contribution in [0.25, 0.3) is 0 Å². The van der Waals surface area contributed by atoms with Crippen LogP contribution >= 0.6 is 0 Å². The Bertz CT molecular complexity index is 402. The van der Waals surface area contributed by atoms with Crippen LogP contribution in [0.1, 0.15) is 30.3 Å². The van der Waals surface area contributed by atoms with Gasteiger partial charge in [-0.15, -0.1) is 0 Å². The van der Waals surface area contributed by atoms with E-state index in [1.165, 1.54) is 6.07 Å². The van der Waals surface area contributed by atoms with Gasteiger partial charge in [0.15, 0.2) is 5.82 Å². The standard InChI is InChI=1S/C10H15N3O4/c1-6(17-2)3-4-9(14)11-8-5-7(10(15)16)12-13-8/h5-6H,3-4H2,1-2H3,(H,15,16)(H2,11,12,13,14). The van der Waals surface area contributed by atoms with Gasteiger partial charge in [-0.1, -0.05) is 0 Å². The highest BCUT2D eigenvalue weighted by atomic mass is 16.5. The van der Waals surface area contributed by atoms with Crippen LogP contribution in [-0.4, -0.2) is 40.4 Å². The summed E-state index contributed by atoms with van der Waals surface area (Å²) in [5.74, 6) is -1.14. The van der Waals surface area contributed by atoms with E-state index in [1.807, 2.05) is 6.92 Å². The van der Waals surface area contributed by atoms with Gasteiger partial charge in [0.25, 0.3) is 0 Å². The Kier molecular flexibility index (Phi) is 4.65. The lowest BCUT2D eigenvalue weighted by atomic mass is 10.2. The molecule has 0 spiro atoms. The van der Waals surface area contributed by atoms with Gasteiger partial charge >= 0.3 is 5.97 Å². The fourth-order valence-corrected chi connectivity index (χ4v) is 1.15. The monoisotopic (exact) mass is 241 g/mol. The second-order valence-corrected chi connectivity index (χ2v) is 3.61. The molecule has 0 aliphatic rings. The zero-order chi connectivity index (χ0) is 12.8. The minimum absolute atomic E-state index is 0.00881. The third-order valence-electron chi connectivity index (χ3n) is 2.26. The molecule has 7 heteroatoms. The number of hydrogen-bond donors (Lipinski definition) is 3. The number of methoxy groups -OCH3 is 1. The van der Waals surface area contributed by atoms with Crippen LogP contribution in [0.4, 0.5) is 5.82 Å². The number of anilines is 1. The van der Waals surface area contributed by atoms with Crippen molar-refractivity contribution < 1.29 is 19.4 Å². The maximum Gasteiger partial charge on any atom is 0.353 e. The fourth-order valence-electron chi connectivity index (χ4n) is 1.15. The number of H-pyrrole nitrogens is 1. The number of nitrogens with zero attached hydrogens (tertiary/aromatic N) is 1. The maximum atomic E-state index is 11.4. The minimum atomic E-state index is -1.12. The van der Waals surface area contributed by atoms with Gasteiger partial charge in [-0.25, -0.2) is 4.79 Å². The van der Waals surface area contributed by atoms with Gasteiger partial charge in [0.1, 0.15) is 5.69 Å². The molecule has 0 fully saturated rings. The van der Waals surface area contributed by atoms with E-state index in [-0.39, 0.29) is 23.5 Å². The molecule has 0 aromatic carbocycles. The second kappa shape index (κ2) is 6.00. The highest BCUT2D eigenvalue weighted by Crippen LogP contribution is 2.07. The van der Waals surface area contributed by atoms with Crippen molar-refractivity contribution in [1.82, 2.24) is 10.2 Å². The number of nitrogens with one attached hydrogen (secondary N) is 2.